The van der Waals surface area contributed by atoms with Gasteiger partial charge in [-0.1, -0.05) is 6.92 Å². The monoisotopic (exact) mass is 280 g/mol. The number of phenols is 1. The van der Waals surface area contributed by atoms with E-state index < -0.39 is 11.7 Å². The van der Waals surface area contributed by atoms with Crippen LogP contribution in [0.5, 0.6) is 5.75 Å². The van der Waals surface area contributed by atoms with E-state index in [4.69, 9.17) is 5.11 Å². The SMILES string of the molecule is CCN1CCC(CNC(=O)c2ccc(O)cc2F)CC1. The van der Waals surface area contributed by atoms with E-state index in [0.717, 1.165) is 38.5 Å². The number of amides is 1. The fourth-order valence-corrected chi connectivity index (χ4v) is 2.53. The van der Waals surface area contributed by atoms with Gasteiger partial charge in [0.15, 0.2) is 0 Å². The van der Waals surface area contributed by atoms with Crippen molar-refractivity contribution in [3.63, 3.8) is 0 Å². The van der Waals surface area contributed by atoms with Gasteiger partial charge in [0, 0.05) is 12.6 Å². The normalized spacial score (nSPS) is 17.1. The standard InChI is InChI=1S/C15H21FN2O2/c1-2-18-7-5-11(6-8-18)10-17-15(20)13-4-3-12(19)9-14(13)16/h3-4,9,11,19H,2,5-8,10H2,1H3,(H,17,20). The van der Waals surface area contributed by atoms with Crippen LogP contribution in [-0.2, 0) is 0 Å². The topological polar surface area (TPSA) is 52.6 Å². The molecule has 110 valence electrons. The maximum Gasteiger partial charge on any atom is 0.254 e. The summed E-state index contributed by atoms with van der Waals surface area (Å²) in [5.41, 5.74) is -0.0196. The second-order valence-electron chi connectivity index (χ2n) is 5.25. The molecule has 0 aliphatic carbocycles. The van der Waals surface area contributed by atoms with Crippen molar-refractivity contribution in [2.75, 3.05) is 26.2 Å². The van der Waals surface area contributed by atoms with Gasteiger partial charge < -0.3 is 15.3 Å². The maximum absolute atomic E-state index is 13.5. The Morgan fingerprint density at radius 1 is 1.45 bits per heavy atom. The predicted octanol–water partition coefficient (Wildman–Crippen LogP) is 1.99. The summed E-state index contributed by atoms with van der Waals surface area (Å²) in [5.74, 6) is -0.823. The Hall–Kier alpha value is -1.62. The number of halogens is 1. The molecule has 1 aliphatic heterocycles. The molecule has 4 nitrogen and oxygen atoms in total. The molecule has 0 spiro atoms. The Morgan fingerprint density at radius 2 is 2.15 bits per heavy atom. The number of benzene rings is 1. The zero-order chi connectivity index (χ0) is 14.5. The molecule has 1 aliphatic rings. The van der Waals surface area contributed by atoms with Gasteiger partial charge in [-0.05, 0) is 50.5 Å². The molecule has 0 aromatic heterocycles. The summed E-state index contributed by atoms with van der Waals surface area (Å²) in [4.78, 5) is 14.3. The van der Waals surface area contributed by atoms with Crippen molar-refractivity contribution in [3.05, 3.63) is 29.6 Å². The average molecular weight is 280 g/mol. The van der Waals surface area contributed by atoms with Gasteiger partial charge in [-0.15, -0.1) is 0 Å². The van der Waals surface area contributed by atoms with Crippen molar-refractivity contribution in [2.24, 2.45) is 5.92 Å². The summed E-state index contributed by atoms with van der Waals surface area (Å²) in [6.07, 6.45) is 2.12. The molecule has 1 amide bonds. The van der Waals surface area contributed by atoms with Crippen LogP contribution >= 0.6 is 0 Å². The third kappa shape index (κ3) is 3.70. The zero-order valence-corrected chi connectivity index (χ0v) is 11.7. The second-order valence-corrected chi connectivity index (χ2v) is 5.25. The van der Waals surface area contributed by atoms with Gasteiger partial charge in [-0.25, -0.2) is 4.39 Å². The summed E-state index contributed by atoms with van der Waals surface area (Å²) in [7, 11) is 0. The zero-order valence-electron chi connectivity index (χ0n) is 11.7. The number of aromatic hydroxyl groups is 1. The Kier molecular flexibility index (Phi) is 4.95. The van der Waals surface area contributed by atoms with Gasteiger partial charge in [0.2, 0.25) is 0 Å². The minimum Gasteiger partial charge on any atom is -0.508 e. The van der Waals surface area contributed by atoms with Crippen molar-refractivity contribution < 1.29 is 14.3 Å². The van der Waals surface area contributed by atoms with Crippen LogP contribution in [0.3, 0.4) is 0 Å². The fourth-order valence-electron chi connectivity index (χ4n) is 2.53. The van der Waals surface area contributed by atoms with Crippen LogP contribution in [0.4, 0.5) is 4.39 Å². The molecule has 2 N–H and O–H groups in total. The summed E-state index contributed by atoms with van der Waals surface area (Å²) in [6, 6.07) is 3.58. The number of likely N-dealkylation sites (tertiary alicyclic amines) is 1. The molecule has 0 bridgehead atoms. The highest BCUT2D eigenvalue weighted by molar-refractivity contribution is 5.94. The summed E-state index contributed by atoms with van der Waals surface area (Å²) >= 11 is 0. The van der Waals surface area contributed by atoms with Gasteiger partial charge in [0.1, 0.15) is 11.6 Å². The van der Waals surface area contributed by atoms with E-state index in [1.54, 1.807) is 0 Å². The summed E-state index contributed by atoms with van der Waals surface area (Å²) in [6.45, 7) is 5.92. The molecule has 1 saturated heterocycles. The first-order valence-corrected chi connectivity index (χ1v) is 7.09. The molecule has 1 fully saturated rings. The van der Waals surface area contributed by atoms with E-state index in [9.17, 15) is 9.18 Å². The highest BCUT2D eigenvalue weighted by atomic mass is 19.1. The molecule has 1 heterocycles. The number of rotatable bonds is 4. The van der Waals surface area contributed by atoms with Crippen LogP contribution in [0.1, 0.15) is 30.1 Å². The van der Waals surface area contributed by atoms with Gasteiger partial charge >= 0.3 is 0 Å². The Balaban J connectivity index is 1.83. The lowest BCUT2D eigenvalue weighted by Gasteiger charge is -2.31. The minimum atomic E-state index is -0.691. The Labute approximate surface area is 118 Å². The van der Waals surface area contributed by atoms with Gasteiger partial charge in [0.05, 0.1) is 5.56 Å². The van der Waals surface area contributed by atoms with Crippen molar-refractivity contribution in [1.82, 2.24) is 10.2 Å². The molecule has 2 rings (SSSR count). The van der Waals surface area contributed by atoms with Crippen molar-refractivity contribution in [2.45, 2.75) is 19.8 Å². The molecule has 0 unspecified atom stereocenters. The molecule has 1 aromatic carbocycles. The number of hydrogen-bond donors (Lipinski definition) is 2. The lowest BCUT2D eigenvalue weighted by atomic mass is 9.96. The molecule has 5 heteroatoms. The number of carbonyl (C=O) groups is 1. The van der Waals surface area contributed by atoms with Gasteiger partial charge in [-0.2, -0.15) is 0 Å². The Morgan fingerprint density at radius 3 is 2.75 bits per heavy atom. The van der Waals surface area contributed by atoms with Gasteiger partial charge in [0.25, 0.3) is 5.91 Å². The van der Waals surface area contributed by atoms with Crippen LogP contribution in [0.15, 0.2) is 18.2 Å². The molecule has 0 radical (unpaired) electrons. The minimum absolute atomic E-state index is 0.0196. The lowest BCUT2D eigenvalue weighted by Crippen LogP contribution is -2.38. The third-order valence-corrected chi connectivity index (χ3v) is 3.90. The first kappa shape index (κ1) is 14.8. The molecule has 1 aromatic rings. The van der Waals surface area contributed by atoms with Crippen LogP contribution in [0.2, 0.25) is 0 Å². The fraction of sp³-hybridized carbons (Fsp3) is 0.533. The lowest BCUT2D eigenvalue weighted by molar-refractivity contribution is 0.0933. The number of carbonyl (C=O) groups excluding carboxylic acids is 1. The van der Waals surface area contributed by atoms with E-state index in [-0.39, 0.29) is 11.3 Å². The Bertz CT molecular complexity index is 471. The predicted molar refractivity (Wildman–Crippen MR) is 75.2 cm³/mol. The van der Waals surface area contributed by atoms with Crippen LogP contribution in [-0.4, -0.2) is 42.1 Å². The summed E-state index contributed by atoms with van der Waals surface area (Å²) in [5, 5.41) is 11.9. The van der Waals surface area contributed by atoms with Gasteiger partial charge in [-0.3, -0.25) is 4.79 Å². The van der Waals surface area contributed by atoms with Crippen molar-refractivity contribution >= 4 is 5.91 Å². The van der Waals surface area contributed by atoms with Crippen LogP contribution in [0, 0.1) is 11.7 Å². The number of piperidine rings is 1. The number of phenolic OH excluding ortho intramolecular Hbond substituents is 1. The largest absolute Gasteiger partial charge is 0.508 e. The molecular formula is C15H21FN2O2. The first-order chi connectivity index (χ1) is 9.60. The van der Waals surface area contributed by atoms with Crippen molar-refractivity contribution in [3.8, 4) is 5.75 Å². The van der Waals surface area contributed by atoms with E-state index in [0.29, 0.717) is 12.5 Å². The van der Waals surface area contributed by atoms with Crippen LogP contribution in [0.25, 0.3) is 0 Å². The second kappa shape index (κ2) is 6.70. The maximum atomic E-state index is 13.5. The first-order valence-electron chi connectivity index (χ1n) is 7.09. The van der Waals surface area contributed by atoms with E-state index >= 15 is 0 Å². The quantitative estimate of drug-likeness (QED) is 0.887. The third-order valence-electron chi connectivity index (χ3n) is 3.90. The smallest absolute Gasteiger partial charge is 0.254 e. The van der Waals surface area contributed by atoms with E-state index in [1.165, 1.54) is 12.1 Å². The van der Waals surface area contributed by atoms with Crippen molar-refractivity contribution in [1.29, 1.82) is 0 Å². The molecule has 20 heavy (non-hydrogen) atoms. The molecule has 0 saturated carbocycles. The highest BCUT2D eigenvalue weighted by Gasteiger charge is 2.19. The van der Waals surface area contributed by atoms with E-state index in [1.807, 2.05) is 0 Å². The highest BCUT2D eigenvalue weighted by Crippen LogP contribution is 2.17. The molecule has 0 atom stereocenters. The summed E-state index contributed by atoms with van der Waals surface area (Å²) < 4.78 is 13.5. The number of nitrogens with zero attached hydrogens (tertiary/aromatic N) is 1. The number of hydrogen-bond acceptors (Lipinski definition) is 3. The molecular weight excluding hydrogens is 259 g/mol. The average Bonchev–Trinajstić information content (AvgIpc) is 2.45. The van der Waals surface area contributed by atoms with E-state index in [2.05, 4.69) is 17.1 Å². The van der Waals surface area contributed by atoms with Crippen LogP contribution < -0.4 is 5.32 Å². The number of nitrogens with one attached hydrogen (secondary N) is 1.